The highest BCUT2D eigenvalue weighted by molar-refractivity contribution is 7.08. The summed E-state index contributed by atoms with van der Waals surface area (Å²) in [5, 5.41) is 22.4. The number of phenolic OH excluding ortho intramolecular Hbond substituents is 1. The lowest BCUT2D eigenvalue weighted by Crippen LogP contribution is -1.98. The van der Waals surface area contributed by atoms with E-state index in [9.17, 15) is 15.0 Å². The minimum atomic E-state index is -0.336. The van der Waals surface area contributed by atoms with Gasteiger partial charge in [0.25, 0.3) is 0 Å². The number of rotatable bonds is 5. The van der Waals surface area contributed by atoms with E-state index in [1.165, 1.54) is 7.11 Å². The molecule has 0 fully saturated rings. The number of aromatic hydroxyl groups is 2. The summed E-state index contributed by atoms with van der Waals surface area (Å²) in [7, 11) is 1.48. The molecule has 0 saturated carbocycles. The van der Waals surface area contributed by atoms with Crippen molar-refractivity contribution in [2.75, 3.05) is 7.11 Å². The number of ketones is 1. The van der Waals surface area contributed by atoms with Crippen molar-refractivity contribution in [1.29, 1.82) is 0 Å². The summed E-state index contributed by atoms with van der Waals surface area (Å²) in [5.74, 6) is -0.339. The molecular formula is C26H19ClN2O4S. The van der Waals surface area contributed by atoms with Gasteiger partial charge < -0.3 is 19.9 Å². The van der Waals surface area contributed by atoms with Crippen LogP contribution in [0.2, 0.25) is 5.02 Å². The van der Waals surface area contributed by atoms with E-state index in [-0.39, 0.29) is 28.7 Å². The molecule has 0 aliphatic heterocycles. The Morgan fingerprint density at radius 2 is 1.76 bits per heavy atom. The molecule has 0 bridgehead atoms. The van der Waals surface area contributed by atoms with E-state index in [2.05, 4.69) is 9.36 Å². The molecule has 0 saturated heterocycles. The second kappa shape index (κ2) is 8.52. The molecule has 2 heterocycles. The minimum Gasteiger partial charge on any atom is -0.504 e. The molecule has 0 amide bonds. The van der Waals surface area contributed by atoms with Gasteiger partial charge in [-0.1, -0.05) is 41.9 Å². The van der Waals surface area contributed by atoms with Crippen LogP contribution >= 0.6 is 23.1 Å². The molecule has 0 radical (unpaired) electrons. The predicted molar refractivity (Wildman–Crippen MR) is 134 cm³/mol. The van der Waals surface area contributed by atoms with E-state index in [0.717, 1.165) is 22.8 Å². The van der Waals surface area contributed by atoms with Crippen LogP contribution in [-0.4, -0.2) is 32.5 Å². The number of hydrogen-bond donors (Lipinski definition) is 3. The number of hydrogen-bond acceptors (Lipinski definition) is 6. The zero-order chi connectivity index (χ0) is 24.0. The van der Waals surface area contributed by atoms with Gasteiger partial charge in [-0.2, -0.15) is 4.37 Å². The Morgan fingerprint density at radius 3 is 2.44 bits per heavy atom. The summed E-state index contributed by atoms with van der Waals surface area (Å²) < 4.78 is 9.74. The molecule has 34 heavy (non-hydrogen) atoms. The number of halogens is 1. The fourth-order valence-corrected chi connectivity index (χ4v) is 5.04. The topological polar surface area (TPSA) is 95.4 Å². The normalized spacial score (nSPS) is 11.1. The molecule has 0 aliphatic carbocycles. The number of phenols is 1. The Morgan fingerprint density at radius 1 is 1.03 bits per heavy atom. The third kappa shape index (κ3) is 3.59. The van der Waals surface area contributed by atoms with E-state index in [4.69, 9.17) is 16.3 Å². The number of aryl methyl sites for hydroxylation is 1. The van der Waals surface area contributed by atoms with Crippen LogP contribution in [0, 0.1) is 6.92 Å². The van der Waals surface area contributed by atoms with Crippen molar-refractivity contribution in [1.82, 2.24) is 9.36 Å². The van der Waals surface area contributed by atoms with Crippen molar-refractivity contribution in [3.8, 4) is 39.6 Å². The Kier molecular flexibility index (Phi) is 5.51. The molecule has 170 valence electrons. The quantitative estimate of drug-likeness (QED) is 0.242. The summed E-state index contributed by atoms with van der Waals surface area (Å²) in [6, 6.07) is 18.1. The van der Waals surface area contributed by atoms with Gasteiger partial charge in [-0.15, -0.1) is 0 Å². The van der Waals surface area contributed by atoms with Crippen LogP contribution in [0.25, 0.3) is 33.2 Å². The first-order valence-electron chi connectivity index (χ1n) is 10.4. The van der Waals surface area contributed by atoms with Crippen LogP contribution in [0.5, 0.6) is 17.4 Å². The number of methoxy groups -OCH3 is 1. The average molecular weight is 491 g/mol. The third-order valence-electron chi connectivity index (χ3n) is 5.66. The predicted octanol–water partition coefficient (Wildman–Crippen LogP) is 6.57. The number of ether oxygens (including phenoxy) is 1. The van der Waals surface area contributed by atoms with Crippen LogP contribution in [-0.2, 0) is 0 Å². The molecule has 0 aliphatic rings. The standard InChI is InChI=1S/C26H19ClN2O4S/c1-13-10-21(34-29-13)24(31)22-18-11-17(19(27)12-20(18)28-26(22)32)16-9-8-15(23(30)25(16)33-2)14-6-4-3-5-7-14/h3-12,28,30,32H,1-2H3. The fraction of sp³-hybridized carbons (Fsp3) is 0.0769. The number of aromatic nitrogens is 2. The highest BCUT2D eigenvalue weighted by atomic mass is 35.5. The van der Waals surface area contributed by atoms with E-state index in [0.29, 0.717) is 37.5 Å². The monoisotopic (exact) mass is 490 g/mol. The van der Waals surface area contributed by atoms with Crippen molar-refractivity contribution in [3.63, 3.8) is 0 Å². The van der Waals surface area contributed by atoms with Gasteiger partial charge in [0.05, 0.1) is 33.8 Å². The van der Waals surface area contributed by atoms with Crippen molar-refractivity contribution in [2.24, 2.45) is 0 Å². The molecule has 5 aromatic rings. The van der Waals surface area contributed by atoms with Gasteiger partial charge in [0.2, 0.25) is 11.7 Å². The molecule has 0 unspecified atom stereocenters. The van der Waals surface area contributed by atoms with Crippen LogP contribution in [0.3, 0.4) is 0 Å². The van der Waals surface area contributed by atoms with Gasteiger partial charge in [-0.3, -0.25) is 4.79 Å². The maximum atomic E-state index is 13.2. The minimum absolute atomic E-state index is 0.0179. The van der Waals surface area contributed by atoms with Crippen molar-refractivity contribution in [3.05, 3.63) is 81.8 Å². The summed E-state index contributed by atoms with van der Waals surface area (Å²) in [4.78, 5) is 16.4. The Hall–Kier alpha value is -3.81. The highest BCUT2D eigenvalue weighted by Crippen LogP contribution is 2.47. The molecule has 0 atom stereocenters. The Labute approximate surface area is 204 Å². The maximum Gasteiger partial charge on any atom is 0.210 e. The number of fused-ring (bicyclic) bond motifs is 1. The number of carbonyl (C=O) groups excluding carboxylic acids is 1. The first kappa shape index (κ1) is 22.0. The molecule has 5 rings (SSSR count). The number of H-pyrrole nitrogens is 1. The van der Waals surface area contributed by atoms with Crippen LogP contribution in [0.1, 0.15) is 20.9 Å². The smallest absolute Gasteiger partial charge is 0.210 e. The van der Waals surface area contributed by atoms with E-state index in [1.54, 1.807) is 31.2 Å². The number of nitrogens with one attached hydrogen (secondary N) is 1. The van der Waals surface area contributed by atoms with Crippen LogP contribution in [0.15, 0.2) is 60.7 Å². The number of benzene rings is 3. The number of nitrogens with zero attached hydrogens (tertiary/aromatic N) is 1. The maximum absolute atomic E-state index is 13.2. The molecule has 3 aromatic carbocycles. The first-order valence-corrected chi connectivity index (χ1v) is 11.5. The van der Waals surface area contributed by atoms with E-state index in [1.807, 2.05) is 36.4 Å². The summed E-state index contributed by atoms with van der Waals surface area (Å²) in [5.41, 5.74) is 3.95. The van der Waals surface area contributed by atoms with E-state index >= 15 is 0 Å². The first-order chi connectivity index (χ1) is 16.4. The van der Waals surface area contributed by atoms with Crippen molar-refractivity contribution >= 4 is 39.8 Å². The van der Waals surface area contributed by atoms with E-state index < -0.39 is 0 Å². The summed E-state index contributed by atoms with van der Waals surface area (Å²) in [6.07, 6.45) is 0. The Balaban J connectivity index is 1.69. The zero-order valence-electron chi connectivity index (χ0n) is 18.2. The zero-order valence-corrected chi connectivity index (χ0v) is 19.8. The molecule has 0 spiro atoms. The second-order valence-electron chi connectivity index (χ2n) is 7.80. The molecule has 6 nitrogen and oxygen atoms in total. The lowest BCUT2D eigenvalue weighted by Gasteiger charge is -2.15. The van der Waals surface area contributed by atoms with Crippen molar-refractivity contribution in [2.45, 2.75) is 6.92 Å². The van der Waals surface area contributed by atoms with Gasteiger partial charge in [0, 0.05) is 22.1 Å². The molecule has 8 heteroatoms. The average Bonchev–Trinajstić information content (AvgIpc) is 3.40. The van der Waals surface area contributed by atoms with Gasteiger partial charge in [0.15, 0.2) is 11.5 Å². The van der Waals surface area contributed by atoms with Crippen LogP contribution in [0.4, 0.5) is 0 Å². The molecule has 3 N–H and O–H groups in total. The Bertz CT molecular complexity index is 1560. The van der Waals surface area contributed by atoms with Crippen molar-refractivity contribution < 1.29 is 19.7 Å². The third-order valence-corrected chi connectivity index (χ3v) is 6.85. The molecular weight excluding hydrogens is 472 g/mol. The fourth-order valence-electron chi connectivity index (χ4n) is 4.07. The second-order valence-corrected chi connectivity index (χ2v) is 9.01. The van der Waals surface area contributed by atoms with Gasteiger partial charge in [0.1, 0.15) is 0 Å². The highest BCUT2D eigenvalue weighted by Gasteiger charge is 2.24. The largest absolute Gasteiger partial charge is 0.504 e. The number of carbonyl (C=O) groups is 1. The van der Waals surface area contributed by atoms with Crippen LogP contribution < -0.4 is 4.74 Å². The summed E-state index contributed by atoms with van der Waals surface area (Å²) >= 11 is 7.69. The van der Waals surface area contributed by atoms with Gasteiger partial charge >= 0.3 is 0 Å². The molecule has 2 aromatic heterocycles. The lowest BCUT2D eigenvalue weighted by atomic mass is 9.96. The summed E-state index contributed by atoms with van der Waals surface area (Å²) in [6.45, 7) is 1.80. The SMILES string of the molecule is COc1c(-c2cc3c(C(=O)c4cc(C)ns4)c(O)[nH]c3cc2Cl)ccc(-c2ccccc2)c1O. The number of aromatic amines is 1. The van der Waals surface area contributed by atoms with Gasteiger partial charge in [-0.05, 0) is 54.4 Å². The van der Waals surface area contributed by atoms with Gasteiger partial charge in [-0.25, -0.2) is 0 Å². The lowest BCUT2D eigenvalue weighted by molar-refractivity contribution is 0.104.